The van der Waals surface area contributed by atoms with Crippen LogP contribution < -0.4 is 10.2 Å². The molecule has 2 aromatic carbocycles. The Hall–Kier alpha value is -2.99. The number of carbonyl (C=O) groups is 2. The molecule has 1 heterocycles. The molecule has 0 aliphatic carbocycles. The van der Waals surface area contributed by atoms with Crippen LogP contribution in [0.4, 0.5) is 5.69 Å². The second-order valence-electron chi connectivity index (χ2n) is 4.89. The molecule has 5 nitrogen and oxygen atoms in total. The topological polar surface area (TPSA) is 69.6 Å². The van der Waals surface area contributed by atoms with Gasteiger partial charge in [-0.05, 0) is 48.1 Å². The number of phenols is 1. The summed E-state index contributed by atoms with van der Waals surface area (Å²) in [4.78, 5) is 26.1. The van der Waals surface area contributed by atoms with Crippen molar-refractivity contribution in [1.29, 1.82) is 0 Å². The maximum absolute atomic E-state index is 12.7. The van der Waals surface area contributed by atoms with Crippen molar-refractivity contribution < 1.29 is 14.7 Å². The van der Waals surface area contributed by atoms with Gasteiger partial charge in [-0.2, -0.15) is 0 Å². The number of carbonyl (C=O) groups excluding carboxylic acids is 2. The van der Waals surface area contributed by atoms with E-state index < -0.39 is 11.8 Å². The van der Waals surface area contributed by atoms with Gasteiger partial charge in [0.25, 0.3) is 11.8 Å². The molecule has 0 spiro atoms. The van der Waals surface area contributed by atoms with E-state index in [4.69, 9.17) is 12.2 Å². The number of phenolic OH excluding ortho intramolecular Hbond substituents is 1. The Labute approximate surface area is 137 Å². The number of thiocarbonyl (C=S) groups is 1. The van der Waals surface area contributed by atoms with E-state index in [2.05, 4.69) is 5.32 Å². The molecule has 0 unspecified atom stereocenters. The van der Waals surface area contributed by atoms with Crippen molar-refractivity contribution in [2.75, 3.05) is 4.90 Å². The predicted molar refractivity (Wildman–Crippen MR) is 90.8 cm³/mol. The van der Waals surface area contributed by atoms with E-state index >= 15 is 0 Å². The summed E-state index contributed by atoms with van der Waals surface area (Å²) in [5, 5.41) is 12.1. The number of nitrogens with one attached hydrogen (secondary N) is 1. The third-order valence-electron chi connectivity index (χ3n) is 3.30. The monoisotopic (exact) mass is 324 g/mol. The van der Waals surface area contributed by atoms with E-state index in [1.807, 2.05) is 6.07 Å². The molecule has 1 saturated heterocycles. The summed E-state index contributed by atoms with van der Waals surface area (Å²) in [7, 11) is 0. The highest BCUT2D eigenvalue weighted by molar-refractivity contribution is 7.80. The molecule has 0 radical (unpaired) electrons. The first-order valence-electron chi connectivity index (χ1n) is 6.82. The zero-order chi connectivity index (χ0) is 16.4. The number of aromatic hydroxyl groups is 1. The maximum Gasteiger partial charge on any atom is 0.270 e. The van der Waals surface area contributed by atoms with Crippen LogP contribution in [0.2, 0.25) is 0 Å². The molecule has 2 aromatic rings. The normalized spacial score (nSPS) is 16.6. The number of hydrogen-bond donors (Lipinski definition) is 2. The Morgan fingerprint density at radius 2 is 1.78 bits per heavy atom. The zero-order valence-corrected chi connectivity index (χ0v) is 12.7. The van der Waals surface area contributed by atoms with Gasteiger partial charge in [-0.25, -0.2) is 0 Å². The fourth-order valence-electron chi connectivity index (χ4n) is 2.25. The van der Waals surface area contributed by atoms with Crippen LogP contribution in [0.3, 0.4) is 0 Å². The van der Waals surface area contributed by atoms with Gasteiger partial charge in [-0.3, -0.25) is 19.8 Å². The fraction of sp³-hybridized carbons (Fsp3) is 0. The first-order valence-corrected chi connectivity index (χ1v) is 7.22. The lowest BCUT2D eigenvalue weighted by atomic mass is 10.1. The molecule has 114 valence electrons. The van der Waals surface area contributed by atoms with Gasteiger partial charge in [0.15, 0.2) is 5.11 Å². The van der Waals surface area contributed by atoms with Gasteiger partial charge in [-0.1, -0.05) is 30.3 Å². The molecular formula is C17H12N2O3S. The molecule has 0 bridgehead atoms. The first kappa shape index (κ1) is 14.9. The van der Waals surface area contributed by atoms with Gasteiger partial charge in [0.2, 0.25) is 0 Å². The van der Waals surface area contributed by atoms with Crippen LogP contribution in [-0.4, -0.2) is 22.0 Å². The van der Waals surface area contributed by atoms with E-state index in [0.29, 0.717) is 11.3 Å². The van der Waals surface area contributed by atoms with Gasteiger partial charge in [0.1, 0.15) is 11.3 Å². The Balaban J connectivity index is 2.02. The van der Waals surface area contributed by atoms with Crippen LogP contribution in [0.25, 0.3) is 6.08 Å². The highest BCUT2D eigenvalue weighted by Crippen LogP contribution is 2.22. The predicted octanol–water partition coefficient (Wildman–Crippen LogP) is 2.22. The van der Waals surface area contributed by atoms with Crippen LogP contribution in [0.5, 0.6) is 5.75 Å². The molecule has 0 aromatic heterocycles. The van der Waals surface area contributed by atoms with Crippen molar-refractivity contribution >= 4 is 40.9 Å². The van der Waals surface area contributed by atoms with Gasteiger partial charge in [0, 0.05) is 0 Å². The van der Waals surface area contributed by atoms with E-state index in [-0.39, 0.29) is 16.4 Å². The quantitative estimate of drug-likeness (QED) is 0.505. The third kappa shape index (κ3) is 2.97. The molecule has 23 heavy (non-hydrogen) atoms. The largest absolute Gasteiger partial charge is 0.508 e. The average Bonchev–Trinajstić information content (AvgIpc) is 2.52. The SMILES string of the molecule is O=C1NC(=S)N(c2ccccc2)C(=O)/C1=C/c1cccc(O)c1. The average molecular weight is 324 g/mol. The first-order chi connectivity index (χ1) is 11.1. The summed E-state index contributed by atoms with van der Waals surface area (Å²) in [5.74, 6) is -1.01. The van der Waals surface area contributed by atoms with E-state index in [1.54, 1.807) is 36.4 Å². The van der Waals surface area contributed by atoms with Crippen LogP contribution in [-0.2, 0) is 9.59 Å². The zero-order valence-electron chi connectivity index (χ0n) is 11.9. The number of amides is 2. The Kier molecular flexibility index (Phi) is 3.91. The summed E-state index contributed by atoms with van der Waals surface area (Å²) in [6.07, 6.45) is 1.43. The second kappa shape index (κ2) is 6.02. The molecule has 3 rings (SSSR count). The van der Waals surface area contributed by atoms with E-state index in [9.17, 15) is 14.7 Å². The molecule has 1 aliphatic rings. The molecule has 1 aliphatic heterocycles. The molecule has 0 saturated carbocycles. The van der Waals surface area contributed by atoms with Gasteiger partial charge in [0.05, 0.1) is 5.69 Å². The highest BCUT2D eigenvalue weighted by atomic mass is 32.1. The van der Waals surface area contributed by atoms with Crippen LogP contribution in [0, 0.1) is 0 Å². The Morgan fingerprint density at radius 3 is 2.48 bits per heavy atom. The van der Waals surface area contributed by atoms with Crippen molar-refractivity contribution in [3.63, 3.8) is 0 Å². The number of hydrogen-bond acceptors (Lipinski definition) is 4. The minimum absolute atomic E-state index is 0.0410. The number of nitrogens with zero attached hydrogens (tertiary/aromatic N) is 1. The summed E-state index contributed by atoms with van der Waals surface area (Å²) in [6, 6.07) is 15.1. The van der Waals surface area contributed by atoms with E-state index in [1.165, 1.54) is 23.1 Å². The standard InChI is InChI=1S/C17H12N2O3S/c20-13-8-4-5-11(9-13)10-14-15(21)18-17(23)19(16(14)22)12-6-2-1-3-7-12/h1-10,20H,(H,18,21,23)/b14-10+. The van der Waals surface area contributed by atoms with Crippen LogP contribution >= 0.6 is 12.2 Å². The Morgan fingerprint density at radius 1 is 1.04 bits per heavy atom. The maximum atomic E-state index is 12.7. The molecule has 2 amide bonds. The van der Waals surface area contributed by atoms with E-state index in [0.717, 1.165) is 0 Å². The fourth-order valence-corrected chi connectivity index (χ4v) is 2.53. The summed E-state index contributed by atoms with van der Waals surface area (Å²) >= 11 is 5.11. The number of anilines is 1. The molecular weight excluding hydrogens is 312 g/mol. The Bertz CT molecular complexity index is 831. The van der Waals surface area contributed by atoms with Crippen molar-refractivity contribution in [2.45, 2.75) is 0 Å². The van der Waals surface area contributed by atoms with Crippen LogP contribution in [0.1, 0.15) is 5.56 Å². The van der Waals surface area contributed by atoms with Crippen molar-refractivity contribution in [3.8, 4) is 5.75 Å². The molecule has 6 heteroatoms. The van der Waals surface area contributed by atoms with Crippen molar-refractivity contribution in [2.24, 2.45) is 0 Å². The lowest BCUT2D eigenvalue weighted by Crippen LogP contribution is -2.54. The third-order valence-corrected chi connectivity index (χ3v) is 3.58. The van der Waals surface area contributed by atoms with Gasteiger partial charge < -0.3 is 5.11 Å². The van der Waals surface area contributed by atoms with Gasteiger partial charge in [-0.15, -0.1) is 0 Å². The van der Waals surface area contributed by atoms with Crippen LogP contribution in [0.15, 0.2) is 60.2 Å². The summed E-state index contributed by atoms with van der Waals surface area (Å²) in [5.41, 5.74) is 1.07. The summed E-state index contributed by atoms with van der Waals surface area (Å²) in [6.45, 7) is 0. The lowest BCUT2D eigenvalue weighted by Gasteiger charge is -2.28. The molecule has 2 N–H and O–H groups in total. The smallest absolute Gasteiger partial charge is 0.270 e. The number of benzene rings is 2. The number of para-hydroxylation sites is 1. The molecule has 1 fully saturated rings. The molecule has 0 atom stereocenters. The highest BCUT2D eigenvalue weighted by Gasteiger charge is 2.34. The second-order valence-corrected chi connectivity index (χ2v) is 5.28. The lowest BCUT2D eigenvalue weighted by molar-refractivity contribution is -0.122. The number of rotatable bonds is 2. The minimum Gasteiger partial charge on any atom is -0.508 e. The van der Waals surface area contributed by atoms with Gasteiger partial charge >= 0.3 is 0 Å². The van der Waals surface area contributed by atoms with Crippen molar-refractivity contribution in [3.05, 3.63) is 65.7 Å². The minimum atomic E-state index is -0.560. The summed E-state index contributed by atoms with van der Waals surface area (Å²) < 4.78 is 0. The van der Waals surface area contributed by atoms with Crippen molar-refractivity contribution in [1.82, 2.24) is 5.32 Å².